The number of hydrogen-bond donors (Lipinski definition) is 1. The molecule has 0 bridgehead atoms. The first-order valence-corrected chi connectivity index (χ1v) is 9.39. The van der Waals surface area contributed by atoms with E-state index in [2.05, 4.69) is 5.32 Å². The van der Waals surface area contributed by atoms with Crippen molar-refractivity contribution in [2.45, 2.75) is 60.0 Å². The van der Waals surface area contributed by atoms with Crippen molar-refractivity contribution < 1.29 is 19.1 Å². The maximum Gasteiger partial charge on any atom is 0.337 e. The summed E-state index contributed by atoms with van der Waals surface area (Å²) in [6.07, 6.45) is 0.483. The van der Waals surface area contributed by atoms with Crippen LogP contribution in [0.5, 0.6) is 0 Å². The van der Waals surface area contributed by atoms with Crippen molar-refractivity contribution in [1.82, 2.24) is 5.32 Å². The van der Waals surface area contributed by atoms with Crippen molar-refractivity contribution in [3.05, 3.63) is 57.9 Å². The van der Waals surface area contributed by atoms with Gasteiger partial charge in [-0.15, -0.1) is 0 Å². The van der Waals surface area contributed by atoms with Crippen LogP contribution >= 0.6 is 0 Å². The first kappa shape index (κ1) is 20.7. The van der Waals surface area contributed by atoms with Crippen LogP contribution in [-0.2, 0) is 19.1 Å². The van der Waals surface area contributed by atoms with Crippen LogP contribution in [0.15, 0.2) is 46.8 Å². The first-order valence-electron chi connectivity index (χ1n) is 9.39. The highest BCUT2D eigenvalue weighted by molar-refractivity contribution is 5.99. The highest BCUT2D eigenvalue weighted by Gasteiger charge is 2.38. The van der Waals surface area contributed by atoms with Crippen LogP contribution in [0.2, 0.25) is 0 Å². The van der Waals surface area contributed by atoms with Crippen molar-refractivity contribution in [2.24, 2.45) is 0 Å². The number of rotatable bonds is 6. The standard InChI is InChI=1S/C22H29NO4/c1-7-12-26-21(24)18-15(5)23-16(6)19(22(25)27-13(2)3)20(18)17-10-8-14(4)9-11-17/h8-11,13,20,23H,7,12H2,1-6H3. The maximum atomic E-state index is 12.9. The third-order valence-corrected chi connectivity index (χ3v) is 4.39. The van der Waals surface area contributed by atoms with E-state index >= 15 is 0 Å². The summed E-state index contributed by atoms with van der Waals surface area (Å²) in [4.78, 5) is 25.7. The van der Waals surface area contributed by atoms with Gasteiger partial charge in [-0.05, 0) is 46.6 Å². The summed E-state index contributed by atoms with van der Waals surface area (Å²) in [6, 6.07) is 7.84. The molecule has 1 atom stereocenters. The number of benzene rings is 1. The zero-order valence-corrected chi connectivity index (χ0v) is 17.0. The molecule has 1 unspecified atom stereocenters. The average molecular weight is 371 g/mol. The lowest BCUT2D eigenvalue weighted by molar-refractivity contribution is -0.143. The maximum absolute atomic E-state index is 12.9. The van der Waals surface area contributed by atoms with E-state index in [1.807, 2.05) is 65.8 Å². The van der Waals surface area contributed by atoms with E-state index in [4.69, 9.17) is 9.47 Å². The topological polar surface area (TPSA) is 64.6 Å². The van der Waals surface area contributed by atoms with E-state index in [1.54, 1.807) is 0 Å². The van der Waals surface area contributed by atoms with Crippen molar-refractivity contribution in [1.29, 1.82) is 0 Å². The molecular formula is C22H29NO4. The van der Waals surface area contributed by atoms with Crippen LogP contribution in [-0.4, -0.2) is 24.6 Å². The molecule has 0 aromatic heterocycles. The molecule has 1 aromatic rings. The van der Waals surface area contributed by atoms with Crippen LogP contribution in [0.4, 0.5) is 0 Å². The number of allylic oxidation sites excluding steroid dienone is 2. The number of dihydropyridines is 1. The van der Waals surface area contributed by atoms with Gasteiger partial charge in [0.1, 0.15) is 0 Å². The van der Waals surface area contributed by atoms with Gasteiger partial charge < -0.3 is 14.8 Å². The fourth-order valence-corrected chi connectivity index (χ4v) is 3.18. The van der Waals surface area contributed by atoms with Gasteiger partial charge in [0, 0.05) is 11.4 Å². The minimum Gasteiger partial charge on any atom is -0.462 e. The Morgan fingerprint density at radius 2 is 1.56 bits per heavy atom. The van der Waals surface area contributed by atoms with Gasteiger partial charge in [-0.3, -0.25) is 0 Å². The second-order valence-corrected chi connectivity index (χ2v) is 7.14. The van der Waals surface area contributed by atoms with Crippen LogP contribution in [0.3, 0.4) is 0 Å². The molecular weight excluding hydrogens is 342 g/mol. The van der Waals surface area contributed by atoms with Gasteiger partial charge in [0.05, 0.1) is 29.8 Å². The summed E-state index contributed by atoms with van der Waals surface area (Å²) in [5.74, 6) is -1.36. The fraction of sp³-hybridized carbons (Fsp3) is 0.455. The SMILES string of the molecule is CCCOC(=O)C1=C(C)NC(C)=C(C(=O)OC(C)C)C1c1ccc(C)cc1. The smallest absolute Gasteiger partial charge is 0.337 e. The van der Waals surface area contributed by atoms with Crippen molar-refractivity contribution >= 4 is 11.9 Å². The van der Waals surface area contributed by atoms with Crippen molar-refractivity contribution in [2.75, 3.05) is 6.61 Å². The Hall–Kier alpha value is -2.56. The summed E-state index contributed by atoms with van der Waals surface area (Å²) in [7, 11) is 0. The molecule has 146 valence electrons. The lowest BCUT2D eigenvalue weighted by Gasteiger charge is -2.31. The highest BCUT2D eigenvalue weighted by atomic mass is 16.5. The monoisotopic (exact) mass is 371 g/mol. The van der Waals surface area contributed by atoms with Gasteiger partial charge in [-0.25, -0.2) is 9.59 Å². The lowest BCUT2D eigenvalue weighted by atomic mass is 9.80. The summed E-state index contributed by atoms with van der Waals surface area (Å²) < 4.78 is 10.9. The molecule has 0 radical (unpaired) electrons. The lowest BCUT2D eigenvalue weighted by Crippen LogP contribution is -2.33. The Labute approximate surface area is 161 Å². The minimum absolute atomic E-state index is 0.251. The largest absolute Gasteiger partial charge is 0.462 e. The Bertz CT molecular complexity index is 772. The number of carbonyl (C=O) groups excluding carboxylic acids is 2. The van der Waals surface area contributed by atoms with Crippen molar-refractivity contribution in [3.8, 4) is 0 Å². The van der Waals surface area contributed by atoms with Gasteiger partial charge in [-0.1, -0.05) is 36.8 Å². The molecule has 0 aliphatic carbocycles. The number of nitrogens with one attached hydrogen (secondary N) is 1. The molecule has 0 spiro atoms. The van der Waals surface area contributed by atoms with Gasteiger partial charge in [0.15, 0.2) is 0 Å². The van der Waals surface area contributed by atoms with Gasteiger partial charge >= 0.3 is 11.9 Å². The molecule has 0 saturated heterocycles. The fourth-order valence-electron chi connectivity index (χ4n) is 3.18. The van der Waals surface area contributed by atoms with E-state index < -0.39 is 17.9 Å². The second kappa shape index (κ2) is 8.89. The Morgan fingerprint density at radius 1 is 1.00 bits per heavy atom. The van der Waals surface area contributed by atoms with Gasteiger partial charge in [0.2, 0.25) is 0 Å². The third kappa shape index (κ3) is 4.79. The molecule has 2 rings (SSSR count). The minimum atomic E-state index is -0.526. The summed E-state index contributed by atoms with van der Waals surface area (Å²) in [5.41, 5.74) is 4.25. The zero-order valence-electron chi connectivity index (χ0n) is 17.0. The molecule has 27 heavy (non-hydrogen) atoms. The molecule has 5 nitrogen and oxygen atoms in total. The number of esters is 2. The summed E-state index contributed by atoms with van der Waals surface area (Å²) >= 11 is 0. The van der Waals surface area contributed by atoms with Gasteiger partial charge in [-0.2, -0.15) is 0 Å². The molecule has 0 fully saturated rings. The quantitative estimate of drug-likeness (QED) is 0.762. The normalized spacial score (nSPS) is 17.1. The Morgan fingerprint density at radius 3 is 2.07 bits per heavy atom. The molecule has 1 aromatic carbocycles. The molecule has 0 saturated carbocycles. The number of carbonyl (C=O) groups is 2. The van der Waals surface area contributed by atoms with E-state index in [-0.39, 0.29) is 6.10 Å². The predicted molar refractivity (Wildman–Crippen MR) is 105 cm³/mol. The zero-order chi connectivity index (χ0) is 20.1. The first-order chi connectivity index (χ1) is 12.8. The molecule has 0 amide bonds. The van der Waals surface area contributed by atoms with E-state index in [0.717, 1.165) is 17.5 Å². The van der Waals surface area contributed by atoms with Crippen LogP contribution in [0, 0.1) is 6.92 Å². The van der Waals surface area contributed by atoms with Crippen LogP contribution in [0.1, 0.15) is 58.1 Å². The van der Waals surface area contributed by atoms with E-state index in [9.17, 15) is 9.59 Å². The van der Waals surface area contributed by atoms with Crippen LogP contribution < -0.4 is 5.32 Å². The Balaban J connectivity index is 2.57. The molecule has 1 aliphatic heterocycles. The average Bonchev–Trinajstić information content (AvgIpc) is 2.59. The van der Waals surface area contributed by atoms with E-state index in [1.165, 1.54) is 0 Å². The van der Waals surface area contributed by atoms with Crippen LogP contribution in [0.25, 0.3) is 0 Å². The third-order valence-electron chi connectivity index (χ3n) is 4.39. The summed E-state index contributed by atoms with van der Waals surface area (Å²) in [6.45, 7) is 11.6. The highest BCUT2D eigenvalue weighted by Crippen LogP contribution is 2.39. The Kier molecular flexibility index (Phi) is 6.83. The molecule has 1 heterocycles. The predicted octanol–water partition coefficient (Wildman–Crippen LogP) is 4.13. The molecule has 1 aliphatic rings. The molecule has 5 heteroatoms. The second-order valence-electron chi connectivity index (χ2n) is 7.14. The number of ether oxygens (including phenoxy) is 2. The van der Waals surface area contributed by atoms with E-state index in [0.29, 0.717) is 29.1 Å². The molecule has 1 N–H and O–H groups in total. The summed E-state index contributed by atoms with van der Waals surface area (Å²) in [5, 5.41) is 3.16. The van der Waals surface area contributed by atoms with Crippen molar-refractivity contribution in [3.63, 3.8) is 0 Å². The number of hydrogen-bond acceptors (Lipinski definition) is 5. The van der Waals surface area contributed by atoms with Gasteiger partial charge in [0.25, 0.3) is 0 Å². The number of aryl methyl sites for hydroxylation is 1.